The van der Waals surface area contributed by atoms with Gasteiger partial charge in [0.2, 0.25) is 11.8 Å². The summed E-state index contributed by atoms with van der Waals surface area (Å²) in [5.74, 6) is -4.01. The van der Waals surface area contributed by atoms with Crippen LogP contribution in [0.4, 0.5) is 0 Å². The first-order valence-electron chi connectivity index (χ1n) is 17.1. The van der Waals surface area contributed by atoms with Gasteiger partial charge in [-0.3, -0.25) is 24.4 Å². The molecule has 2 heterocycles. The number of alkyl halides is 1. The lowest BCUT2D eigenvalue weighted by Gasteiger charge is -2.34. The van der Waals surface area contributed by atoms with Crippen molar-refractivity contribution in [3.8, 4) is 16.9 Å². The highest BCUT2D eigenvalue weighted by atomic mass is 35.5. The summed E-state index contributed by atoms with van der Waals surface area (Å²) in [4.78, 5) is 63.6. The van der Waals surface area contributed by atoms with Gasteiger partial charge in [-0.1, -0.05) is 31.7 Å². The van der Waals surface area contributed by atoms with E-state index >= 15 is 0 Å². The van der Waals surface area contributed by atoms with Crippen LogP contribution >= 0.6 is 11.6 Å². The Balaban J connectivity index is 1.79. The molecular weight excluding hydrogens is 718 g/mol. The zero-order chi connectivity index (χ0) is 40.1. The van der Waals surface area contributed by atoms with Crippen LogP contribution in [-0.4, -0.2) is 104 Å². The van der Waals surface area contributed by atoms with E-state index in [2.05, 4.69) is 27.2 Å². The molecule has 3 aromatic rings. The number of aliphatic hydroxyl groups excluding tert-OH is 1. The number of allylic oxidation sites excluding steroid dienone is 2. The summed E-state index contributed by atoms with van der Waals surface area (Å²) in [6.07, 6.45) is 0.333. The number of carbonyl (C=O) groups excluding carboxylic acids is 3. The third kappa shape index (κ3) is 8.81. The molecular formula is C38H46ClN7O8. The molecule has 0 saturated carbocycles. The van der Waals surface area contributed by atoms with Crippen LogP contribution in [0.15, 0.2) is 71.5 Å². The van der Waals surface area contributed by atoms with Crippen LogP contribution in [0.25, 0.3) is 27.6 Å². The molecule has 0 radical (unpaired) electrons. The monoisotopic (exact) mass is 763 g/mol. The second-order valence-electron chi connectivity index (χ2n) is 13.3. The first kappa shape index (κ1) is 41.2. The van der Waals surface area contributed by atoms with Crippen LogP contribution < -0.4 is 26.8 Å². The second-order valence-corrected chi connectivity index (χ2v) is 13.8. The second kappa shape index (κ2) is 17.1. The Hall–Kier alpha value is -5.51. The maximum absolute atomic E-state index is 14.4. The van der Waals surface area contributed by atoms with Crippen LogP contribution in [0.1, 0.15) is 56.5 Å². The Morgan fingerprint density at radius 2 is 1.87 bits per heavy atom. The lowest BCUT2D eigenvalue weighted by atomic mass is 9.91. The number of nitrogens with one attached hydrogen (secondary N) is 2. The molecule has 16 heteroatoms. The van der Waals surface area contributed by atoms with Gasteiger partial charge in [-0.15, -0.1) is 11.6 Å². The van der Waals surface area contributed by atoms with Crippen molar-refractivity contribution in [2.75, 3.05) is 20.2 Å². The van der Waals surface area contributed by atoms with Gasteiger partial charge in [0.1, 0.15) is 23.5 Å². The Bertz CT molecular complexity index is 2030. The van der Waals surface area contributed by atoms with Crippen LogP contribution in [-0.2, 0) is 14.4 Å². The first-order chi connectivity index (χ1) is 25.4. The number of likely N-dealkylation sites (tertiary alicyclic amines) is 1. The lowest BCUT2D eigenvalue weighted by molar-refractivity contribution is -0.145. The summed E-state index contributed by atoms with van der Waals surface area (Å²) >= 11 is 6.72. The van der Waals surface area contributed by atoms with Crippen molar-refractivity contribution in [3.05, 3.63) is 77.6 Å². The van der Waals surface area contributed by atoms with Crippen molar-refractivity contribution in [1.29, 1.82) is 0 Å². The number of nitrogens with two attached hydrogens (primary N) is 2. The molecule has 2 aromatic carbocycles. The number of aliphatic hydroxyl groups is 2. The van der Waals surface area contributed by atoms with E-state index in [0.29, 0.717) is 45.5 Å². The number of carboxylic acid groups (broad SMARTS) is 1. The molecule has 1 aliphatic heterocycles. The van der Waals surface area contributed by atoms with Crippen molar-refractivity contribution in [3.63, 3.8) is 0 Å². The number of amides is 3. The van der Waals surface area contributed by atoms with E-state index in [-0.39, 0.29) is 24.5 Å². The number of pyridine rings is 1. The molecule has 5 unspecified atom stereocenters. The summed E-state index contributed by atoms with van der Waals surface area (Å²) in [7, 11) is 1.49. The van der Waals surface area contributed by atoms with E-state index in [0.717, 1.165) is 10.3 Å². The molecule has 1 aromatic heterocycles. The van der Waals surface area contributed by atoms with Crippen molar-refractivity contribution in [2.45, 2.75) is 69.7 Å². The molecule has 1 fully saturated rings. The smallest absolute Gasteiger partial charge is 0.352 e. The number of halogens is 1. The maximum atomic E-state index is 14.4. The number of fused-ring (bicyclic) bond motifs is 1. The lowest BCUT2D eigenvalue weighted by Crippen LogP contribution is -2.61. The van der Waals surface area contributed by atoms with Gasteiger partial charge in [0.05, 0.1) is 36.3 Å². The minimum Gasteiger partial charge on any atom is -0.496 e. The Morgan fingerprint density at radius 1 is 1.19 bits per heavy atom. The third-order valence-electron chi connectivity index (χ3n) is 9.38. The molecule has 5 atom stereocenters. The first-order valence-corrected chi connectivity index (χ1v) is 17.5. The number of methoxy groups -OCH3 is 1. The van der Waals surface area contributed by atoms with E-state index in [1.54, 1.807) is 25.3 Å². The largest absolute Gasteiger partial charge is 0.496 e. The predicted octanol–water partition coefficient (Wildman–Crippen LogP) is 2.52. The molecule has 1 aliphatic rings. The predicted molar refractivity (Wildman–Crippen MR) is 206 cm³/mol. The molecule has 0 spiro atoms. The number of carbonyl (C=O) groups is 4. The molecule has 15 nitrogen and oxygen atoms in total. The number of ether oxygens (including phenoxy) is 1. The SMILES string of the molecule is C=C(C)c1cnc2ccccc2c1-c1cc(C(=O)NC(C(=O)N2CCC(C)(O)C2C(=O)NC(C(=O)O)=C(C)CC)C(Cl)C(O)CN=C(N)N)ccc1OC. The van der Waals surface area contributed by atoms with Crippen LogP contribution in [0.2, 0.25) is 0 Å². The highest BCUT2D eigenvalue weighted by Crippen LogP contribution is 2.40. The molecule has 4 rings (SSSR count). The Labute approximate surface area is 317 Å². The minimum absolute atomic E-state index is 0.0767. The molecule has 0 aliphatic carbocycles. The van der Waals surface area contributed by atoms with Gasteiger partial charge in [-0.2, -0.15) is 0 Å². The van der Waals surface area contributed by atoms with E-state index in [9.17, 15) is 34.5 Å². The third-order valence-corrected chi connectivity index (χ3v) is 9.92. The Kier molecular flexibility index (Phi) is 13.1. The fourth-order valence-corrected chi connectivity index (χ4v) is 6.57. The fraction of sp³-hybridized carbons (Fsp3) is 0.368. The van der Waals surface area contributed by atoms with Gasteiger partial charge in [-0.25, -0.2) is 4.79 Å². The molecule has 9 N–H and O–H groups in total. The molecule has 0 bridgehead atoms. The van der Waals surface area contributed by atoms with E-state index in [1.165, 1.54) is 27.0 Å². The van der Waals surface area contributed by atoms with Crippen molar-refractivity contribution in [2.24, 2.45) is 16.5 Å². The number of rotatable bonds is 14. The molecule has 1 saturated heterocycles. The quantitative estimate of drug-likeness (QED) is 0.0545. The summed E-state index contributed by atoms with van der Waals surface area (Å²) < 4.78 is 5.71. The minimum atomic E-state index is -1.81. The van der Waals surface area contributed by atoms with Gasteiger partial charge in [0.25, 0.3) is 5.91 Å². The average molecular weight is 764 g/mol. The molecule has 3 amide bonds. The number of para-hydroxylation sites is 1. The van der Waals surface area contributed by atoms with Crippen molar-refractivity contribution < 1.29 is 39.2 Å². The summed E-state index contributed by atoms with van der Waals surface area (Å²) in [5.41, 5.74) is 12.5. The fourth-order valence-electron chi connectivity index (χ4n) is 6.32. The van der Waals surface area contributed by atoms with E-state index in [4.69, 9.17) is 27.8 Å². The Morgan fingerprint density at radius 3 is 2.48 bits per heavy atom. The maximum Gasteiger partial charge on any atom is 0.352 e. The highest BCUT2D eigenvalue weighted by molar-refractivity contribution is 6.23. The van der Waals surface area contributed by atoms with Crippen molar-refractivity contribution in [1.82, 2.24) is 20.5 Å². The number of hydrogen-bond donors (Lipinski definition) is 7. The van der Waals surface area contributed by atoms with Gasteiger partial charge in [0, 0.05) is 40.4 Å². The molecule has 288 valence electrons. The zero-order valence-corrected chi connectivity index (χ0v) is 31.5. The number of nitrogens with zero attached hydrogens (tertiary/aromatic N) is 3. The van der Waals surface area contributed by atoms with E-state index < -0.39 is 65.1 Å². The number of guanidine groups is 1. The van der Waals surface area contributed by atoms with Gasteiger partial charge >= 0.3 is 5.97 Å². The summed E-state index contributed by atoms with van der Waals surface area (Å²) in [5, 5.41) is 36.2. The normalized spacial score (nSPS) is 18.9. The van der Waals surface area contributed by atoms with Gasteiger partial charge in [0.15, 0.2) is 5.96 Å². The van der Waals surface area contributed by atoms with Crippen LogP contribution in [0.5, 0.6) is 5.75 Å². The number of aromatic nitrogens is 1. The summed E-state index contributed by atoms with van der Waals surface area (Å²) in [6.45, 7) is 9.90. The van der Waals surface area contributed by atoms with Crippen molar-refractivity contribution >= 4 is 57.7 Å². The summed E-state index contributed by atoms with van der Waals surface area (Å²) in [6, 6.07) is 8.78. The topological polar surface area (TPSA) is 243 Å². The highest BCUT2D eigenvalue weighted by Gasteiger charge is 2.52. The van der Waals surface area contributed by atoms with Crippen LogP contribution in [0.3, 0.4) is 0 Å². The number of aliphatic carboxylic acids is 1. The average Bonchev–Trinajstić information content (AvgIpc) is 3.47. The van der Waals surface area contributed by atoms with E-state index in [1.807, 2.05) is 31.2 Å². The number of aliphatic imine (C=N–C) groups is 1. The number of benzene rings is 2. The number of hydrogen-bond acceptors (Lipinski definition) is 9. The van der Waals surface area contributed by atoms with Crippen LogP contribution in [0, 0.1) is 0 Å². The van der Waals surface area contributed by atoms with Gasteiger partial charge in [-0.05, 0) is 69.0 Å². The standard InChI is InChI=1S/C38H46ClN7O8/c1-7-20(4)30(36(51)52)44-34(49)32-38(5,53)14-15-46(32)35(50)31(29(39)26(47)18-43-37(40)41)45-33(48)21-12-13-27(54-6)23(16-21)28-22-10-8-9-11-25(22)42-17-24(28)19(2)3/h8-13,16-17,26,29,31-32,47,53H,2,7,14-15,18H2,1,3-6H3,(H,44,49)(H,45,48)(H,51,52)(H4,40,41,43). The number of carboxylic acids is 1. The zero-order valence-electron chi connectivity index (χ0n) is 30.7. The molecule has 54 heavy (non-hydrogen) atoms. The van der Waals surface area contributed by atoms with Gasteiger partial charge < -0.3 is 47.1 Å².